The number of nitrogens with zero attached hydrogens (tertiary/aromatic N) is 3. The standard InChI is InChI=1S/C36H37F2N3OS/c1-5-34(41(33-16-8-7-11-25(33)3)23-27-12-9-14-29(37)21-27)40-19-17-31(18-20-40)42-36(39-6-2)35-26(4)32(24-43-35)28-13-10-15-30(38)22-28/h5-16,21-22,24,31H,2,17-20,23H2,1,3-4H3. The number of aryl methyl sites for hydroxylation is 1. The van der Waals surface area contributed by atoms with Gasteiger partial charge in [-0.2, -0.15) is 0 Å². The molecule has 0 unspecified atom stereocenters. The van der Waals surface area contributed by atoms with E-state index in [2.05, 4.69) is 53.4 Å². The number of benzene rings is 3. The summed E-state index contributed by atoms with van der Waals surface area (Å²) < 4.78 is 34.5. The molecule has 222 valence electrons. The van der Waals surface area contributed by atoms with Crippen molar-refractivity contribution in [1.82, 2.24) is 4.90 Å². The van der Waals surface area contributed by atoms with Crippen LogP contribution in [0.25, 0.3) is 11.1 Å². The number of rotatable bonds is 9. The molecule has 7 heteroatoms. The molecule has 0 amide bonds. The molecule has 0 radical (unpaired) electrons. The van der Waals surface area contributed by atoms with Crippen molar-refractivity contribution >= 4 is 22.9 Å². The maximum Gasteiger partial charge on any atom is 0.231 e. The van der Waals surface area contributed by atoms with Crippen LogP contribution in [0.2, 0.25) is 0 Å². The number of hydrogen-bond acceptors (Lipinski definition) is 5. The lowest BCUT2D eigenvalue weighted by Gasteiger charge is -2.40. The minimum atomic E-state index is -0.259. The highest BCUT2D eigenvalue weighted by Gasteiger charge is 2.28. The predicted molar refractivity (Wildman–Crippen MR) is 174 cm³/mol. The molecule has 1 aliphatic heterocycles. The Bertz CT molecular complexity index is 1630. The van der Waals surface area contributed by atoms with Crippen molar-refractivity contribution in [3.05, 3.63) is 136 Å². The number of para-hydroxylation sites is 1. The van der Waals surface area contributed by atoms with E-state index in [0.29, 0.717) is 12.4 Å². The summed E-state index contributed by atoms with van der Waals surface area (Å²) in [5.41, 5.74) is 5.99. The average Bonchev–Trinajstić information content (AvgIpc) is 3.39. The summed E-state index contributed by atoms with van der Waals surface area (Å²) in [6, 6.07) is 21.8. The number of aliphatic imine (C=N–C) groups is 1. The van der Waals surface area contributed by atoms with Crippen molar-refractivity contribution in [1.29, 1.82) is 0 Å². The molecule has 43 heavy (non-hydrogen) atoms. The van der Waals surface area contributed by atoms with Gasteiger partial charge in [0.05, 0.1) is 4.88 Å². The number of piperidine rings is 1. The summed E-state index contributed by atoms with van der Waals surface area (Å²) in [5.74, 6) is 1.15. The molecule has 3 aromatic carbocycles. The lowest BCUT2D eigenvalue weighted by Crippen LogP contribution is -2.42. The van der Waals surface area contributed by atoms with Gasteiger partial charge in [0.15, 0.2) is 0 Å². The molecule has 4 nitrogen and oxygen atoms in total. The maximum atomic E-state index is 14.1. The molecule has 0 N–H and O–H groups in total. The van der Waals surface area contributed by atoms with Crippen LogP contribution in [0.3, 0.4) is 0 Å². The van der Waals surface area contributed by atoms with Crippen LogP contribution in [0.4, 0.5) is 14.5 Å². The van der Waals surface area contributed by atoms with Gasteiger partial charge < -0.3 is 14.5 Å². The Kier molecular flexibility index (Phi) is 9.72. The zero-order valence-corrected chi connectivity index (χ0v) is 25.7. The van der Waals surface area contributed by atoms with E-state index in [9.17, 15) is 8.78 Å². The van der Waals surface area contributed by atoms with Crippen LogP contribution in [0, 0.1) is 25.5 Å². The van der Waals surface area contributed by atoms with Gasteiger partial charge in [-0.25, -0.2) is 13.8 Å². The maximum absolute atomic E-state index is 14.1. The highest BCUT2D eigenvalue weighted by molar-refractivity contribution is 7.12. The lowest BCUT2D eigenvalue weighted by atomic mass is 10.0. The third kappa shape index (κ3) is 7.05. The number of hydrogen-bond donors (Lipinski definition) is 0. The van der Waals surface area contributed by atoms with Crippen molar-refractivity contribution < 1.29 is 13.5 Å². The van der Waals surface area contributed by atoms with Crippen LogP contribution >= 0.6 is 11.3 Å². The van der Waals surface area contributed by atoms with Gasteiger partial charge in [0.25, 0.3) is 0 Å². The Morgan fingerprint density at radius 2 is 1.74 bits per heavy atom. The summed E-state index contributed by atoms with van der Waals surface area (Å²) in [4.78, 5) is 10.1. The van der Waals surface area contributed by atoms with Gasteiger partial charge in [0, 0.05) is 44.4 Å². The third-order valence-electron chi connectivity index (χ3n) is 7.79. The van der Waals surface area contributed by atoms with Gasteiger partial charge in [-0.05, 0) is 90.4 Å². The molecule has 4 aromatic rings. The van der Waals surface area contributed by atoms with Gasteiger partial charge >= 0.3 is 0 Å². The number of allylic oxidation sites excluding steroid dienone is 1. The first-order valence-corrected chi connectivity index (χ1v) is 15.4. The van der Waals surface area contributed by atoms with E-state index in [-0.39, 0.29) is 17.7 Å². The molecular formula is C36H37F2N3OS. The molecule has 0 saturated carbocycles. The molecular weight excluding hydrogens is 560 g/mol. The van der Waals surface area contributed by atoms with E-state index in [1.807, 2.05) is 36.6 Å². The molecule has 1 fully saturated rings. The monoisotopic (exact) mass is 597 g/mol. The molecule has 0 spiro atoms. The molecule has 0 bridgehead atoms. The number of likely N-dealkylation sites (tertiary alicyclic amines) is 1. The van der Waals surface area contributed by atoms with Gasteiger partial charge in [0.2, 0.25) is 5.90 Å². The quantitative estimate of drug-likeness (QED) is 0.142. The summed E-state index contributed by atoms with van der Waals surface area (Å²) in [5, 5.41) is 2.03. The molecule has 1 aliphatic rings. The molecule has 5 rings (SSSR count). The van der Waals surface area contributed by atoms with E-state index in [4.69, 9.17) is 4.74 Å². The van der Waals surface area contributed by atoms with E-state index >= 15 is 0 Å². The van der Waals surface area contributed by atoms with Crippen molar-refractivity contribution in [3.63, 3.8) is 0 Å². The summed E-state index contributed by atoms with van der Waals surface area (Å²) in [6.45, 7) is 12.1. The van der Waals surface area contributed by atoms with E-state index in [0.717, 1.165) is 70.1 Å². The number of anilines is 1. The largest absolute Gasteiger partial charge is 0.473 e. The SMILES string of the molecule is C=CN=C(OC1CCN(C(=CC)N(Cc2cccc(F)c2)c2ccccc2C)CC1)c1scc(-c2cccc(F)c2)c1C. The van der Waals surface area contributed by atoms with Crippen molar-refractivity contribution in [2.75, 3.05) is 18.0 Å². The zero-order chi connectivity index (χ0) is 30.3. The minimum Gasteiger partial charge on any atom is -0.473 e. The molecule has 1 saturated heterocycles. The first-order chi connectivity index (χ1) is 20.9. The fourth-order valence-electron chi connectivity index (χ4n) is 5.64. The highest BCUT2D eigenvalue weighted by atomic mass is 32.1. The fourth-order valence-corrected chi connectivity index (χ4v) is 6.67. The summed E-state index contributed by atoms with van der Waals surface area (Å²) in [7, 11) is 0. The highest BCUT2D eigenvalue weighted by Crippen LogP contribution is 2.34. The Labute approximate surface area is 257 Å². The summed E-state index contributed by atoms with van der Waals surface area (Å²) in [6.07, 6.45) is 5.27. The van der Waals surface area contributed by atoms with Gasteiger partial charge in [-0.3, -0.25) is 0 Å². The Morgan fingerprint density at radius 1 is 1.02 bits per heavy atom. The Morgan fingerprint density at radius 3 is 2.42 bits per heavy atom. The van der Waals surface area contributed by atoms with Crippen LogP contribution in [0.5, 0.6) is 0 Å². The van der Waals surface area contributed by atoms with Crippen molar-refractivity contribution in [2.24, 2.45) is 4.99 Å². The molecule has 2 heterocycles. The molecule has 1 aromatic heterocycles. The number of halogens is 2. The second kappa shape index (κ2) is 13.8. The number of ether oxygens (including phenoxy) is 1. The third-order valence-corrected chi connectivity index (χ3v) is 8.86. The second-order valence-corrected chi connectivity index (χ2v) is 11.6. The van der Waals surface area contributed by atoms with Gasteiger partial charge in [-0.1, -0.05) is 49.0 Å². The first-order valence-electron chi connectivity index (χ1n) is 14.6. The van der Waals surface area contributed by atoms with Crippen LogP contribution in [-0.4, -0.2) is 30.0 Å². The zero-order valence-electron chi connectivity index (χ0n) is 24.9. The van der Waals surface area contributed by atoms with Crippen LogP contribution in [-0.2, 0) is 11.3 Å². The van der Waals surface area contributed by atoms with Crippen LogP contribution in [0.1, 0.15) is 41.3 Å². The minimum absolute atomic E-state index is 0.0118. The normalized spacial score (nSPS) is 14.6. The van der Waals surface area contributed by atoms with Crippen molar-refractivity contribution in [2.45, 2.75) is 46.3 Å². The average molecular weight is 598 g/mol. The van der Waals surface area contributed by atoms with Gasteiger partial charge in [-0.15, -0.1) is 11.3 Å². The fraction of sp³-hybridized carbons (Fsp3) is 0.250. The molecule has 0 atom stereocenters. The van der Waals surface area contributed by atoms with Gasteiger partial charge in [0.1, 0.15) is 23.6 Å². The smallest absolute Gasteiger partial charge is 0.231 e. The van der Waals surface area contributed by atoms with Crippen molar-refractivity contribution in [3.8, 4) is 11.1 Å². The second-order valence-electron chi connectivity index (χ2n) is 10.7. The Balaban J connectivity index is 1.32. The van der Waals surface area contributed by atoms with E-state index in [1.165, 1.54) is 18.3 Å². The lowest BCUT2D eigenvalue weighted by molar-refractivity contribution is 0.107. The van der Waals surface area contributed by atoms with Crippen LogP contribution < -0.4 is 4.90 Å². The molecule has 0 aliphatic carbocycles. The van der Waals surface area contributed by atoms with Crippen LogP contribution in [0.15, 0.2) is 108 Å². The predicted octanol–water partition coefficient (Wildman–Crippen LogP) is 9.25. The van der Waals surface area contributed by atoms with E-state index in [1.54, 1.807) is 35.6 Å². The van der Waals surface area contributed by atoms with E-state index < -0.39 is 0 Å². The topological polar surface area (TPSA) is 28.1 Å². The Hall–Kier alpha value is -4.23. The summed E-state index contributed by atoms with van der Waals surface area (Å²) >= 11 is 1.55. The number of thiophene rings is 1. The first kappa shape index (κ1) is 30.2.